The van der Waals surface area contributed by atoms with Crippen molar-refractivity contribution in [2.75, 3.05) is 7.05 Å². The number of halogens is 1. The van der Waals surface area contributed by atoms with Gasteiger partial charge in [-0.15, -0.1) is 0 Å². The van der Waals surface area contributed by atoms with Crippen LogP contribution in [0.1, 0.15) is 26.3 Å². The van der Waals surface area contributed by atoms with Crippen LogP contribution in [0.25, 0.3) is 0 Å². The maximum absolute atomic E-state index is 11.0. The number of rotatable bonds is 4. The second kappa shape index (κ2) is 5.67. The van der Waals surface area contributed by atoms with Crippen LogP contribution in [0.2, 0.25) is 5.02 Å². The van der Waals surface area contributed by atoms with Crippen LogP contribution < -0.4 is 5.32 Å². The molecule has 4 nitrogen and oxygen atoms in total. The lowest BCUT2D eigenvalue weighted by Gasteiger charge is -2.30. The zero-order chi connectivity index (χ0) is 13.9. The quantitative estimate of drug-likeness (QED) is 0.674. The molecule has 18 heavy (non-hydrogen) atoms. The molecule has 1 atom stereocenters. The Morgan fingerprint density at radius 2 is 2.06 bits per heavy atom. The lowest BCUT2D eigenvalue weighted by molar-refractivity contribution is -0.385. The van der Waals surface area contributed by atoms with E-state index in [1.54, 1.807) is 12.1 Å². The van der Waals surface area contributed by atoms with E-state index in [2.05, 4.69) is 26.1 Å². The lowest BCUT2D eigenvalue weighted by Crippen LogP contribution is -2.39. The fraction of sp³-hybridized carbons (Fsp3) is 0.538. The van der Waals surface area contributed by atoms with Crippen LogP contribution in [0.3, 0.4) is 0 Å². The van der Waals surface area contributed by atoms with Crippen molar-refractivity contribution in [3.05, 3.63) is 38.9 Å². The van der Waals surface area contributed by atoms with E-state index in [1.807, 2.05) is 7.05 Å². The molecule has 0 spiro atoms. The molecule has 0 saturated carbocycles. The van der Waals surface area contributed by atoms with Gasteiger partial charge in [-0.1, -0.05) is 32.4 Å². The molecule has 0 aliphatic carbocycles. The molecule has 0 radical (unpaired) electrons. The molecule has 0 aliphatic rings. The van der Waals surface area contributed by atoms with Gasteiger partial charge in [0.05, 0.1) is 4.92 Å². The predicted molar refractivity (Wildman–Crippen MR) is 74.1 cm³/mol. The van der Waals surface area contributed by atoms with Crippen molar-refractivity contribution < 1.29 is 4.92 Å². The van der Waals surface area contributed by atoms with Gasteiger partial charge in [-0.25, -0.2) is 0 Å². The molecule has 1 aromatic rings. The molecule has 0 fully saturated rings. The topological polar surface area (TPSA) is 55.2 Å². The first-order valence-electron chi connectivity index (χ1n) is 5.85. The van der Waals surface area contributed by atoms with Gasteiger partial charge in [0.1, 0.15) is 0 Å². The first-order valence-corrected chi connectivity index (χ1v) is 6.23. The number of benzene rings is 1. The van der Waals surface area contributed by atoms with Gasteiger partial charge >= 0.3 is 0 Å². The molecule has 0 aliphatic heterocycles. The third-order valence-corrected chi connectivity index (χ3v) is 3.29. The van der Waals surface area contributed by atoms with Crippen LogP contribution in [-0.2, 0) is 6.42 Å². The van der Waals surface area contributed by atoms with E-state index in [0.717, 1.165) is 0 Å². The number of nitro groups is 1. The largest absolute Gasteiger partial charge is 0.316 e. The molecule has 1 N–H and O–H groups in total. The average molecular weight is 271 g/mol. The number of nitro benzene ring substituents is 1. The first kappa shape index (κ1) is 14.9. The third-order valence-electron chi connectivity index (χ3n) is 3.06. The van der Waals surface area contributed by atoms with Crippen LogP contribution in [-0.4, -0.2) is 18.0 Å². The lowest BCUT2D eigenvalue weighted by atomic mass is 9.83. The van der Waals surface area contributed by atoms with Crippen molar-refractivity contribution in [3.8, 4) is 0 Å². The Labute approximate surface area is 112 Å². The minimum absolute atomic E-state index is 0.0188. The zero-order valence-electron chi connectivity index (χ0n) is 11.2. The summed E-state index contributed by atoms with van der Waals surface area (Å²) in [5.41, 5.74) is 0.816. The summed E-state index contributed by atoms with van der Waals surface area (Å²) in [7, 11) is 1.87. The number of nitrogens with zero attached hydrogens (tertiary/aromatic N) is 1. The Kier molecular flexibility index (Phi) is 4.71. The fourth-order valence-corrected chi connectivity index (χ4v) is 2.15. The zero-order valence-corrected chi connectivity index (χ0v) is 11.9. The summed E-state index contributed by atoms with van der Waals surface area (Å²) in [6, 6.07) is 4.84. The van der Waals surface area contributed by atoms with Crippen molar-refractivity contribution in [2.45, 2.75) is 33.2 Å². The molecule has 0 aromatic heterocycles. The fourth-order valence-electron chi connectivity index (χ4n) is 1.96. The van der Waals surface area contributed by atoms with E-state index >= 15 is 0 Å². The third kappa shape index (κ3) is 3.68. The van der Waals surface area contributed by atoms with Crippen LogP contribution in [0.4, 0.5) is 5.69 Å². The summed E-state index contributed by atoms with van der Waals surface area (Å²) < 4.78 is 0. The SMILES string of the molecule is CNC(Cc1cc(Cl)ccc1[N+](=O)[O-])C(C)(C)C. The first-order chi connectivity index (χ1) is 8.25. The second-order valence-corrected chi connectivity index (χ2v) is 5.88. The second-order valence-electron chi connectivity index (χ2n) is 5.44. The normalized spacial score (nSPS) is 13.4. The highest BCUT2D eigenvalue weighted by atomic mass is 35.5. The highest BCUT2D eigenvalue weighted by Gasteiger charge is 2.26. The predicted octanol–water partition coefficient (Wildman–Crippen LogP) is 3.42. The van der Waals surface area contributed by atoms with E-state index in [9.17, 15) is 10.1 Å². The van der Waals surface area contributed by atoms with Crippen LogP contribution in [0, 0.1) is 15.5 Å². The molecule has 0 bridgehead atoms. The van der Waals surface area contributed by atoms with Crippen molar-refractivity contribution >= 4 is 17.3 Å². The van der Waals surface area contributed by atoms with Gasteiger partial charge in [-0.2, -0.15) is 0 Å². The molecular formula is C13H19ClN2O2. The molecule has 0 amide bonds. The Bertz CT molecular complexity index is 441. The summed E-state index contributed by atoms with van der Waals surface area (Å²) in [6.45, 7) is 6.31. The Morgan fingerprint density at radius 1 is 1.44 bits per heavy atom. The van der Waals surface area contributed by atoms with E-state index in [4.69, 9.17) is 11.6 Å². The summed E-state index contributed by atoms with van der Waals surface area (Å²) in [5.74, 6) is 0. The van der Waals surface area contributed by atoms with Gasteiger partial charge in [-0.05, 0) is 31.0 Å². The number of nitrogens with one attached hydrogen (secondary N) is 1. The summed E-state index contributed by atoms with van der Waals surface area (Å²) in [6.07, 6.45) is 0.580. The molecule has 0 saturated heterocycles. The van der Waals surface area contributed by atoms with E-state index in [1.165, 1.54) is 6.07 Å². The smallest absolute Gasteiger partial charge is 0.272 e. The van der Waals surface area contributed by atoms with Crippen molar-refractivity contribution in [1.29, 1.82) is 0 Å². The minimum atomic E-state index is -0.360. The van der Waals surface area contributed by atoms with Gasteiger partial charge in [0.25, 0.3) is 5.69 Å². The molecule has 1 aromatic carbocycles. The Hall–Kier alpha value is -1.13. The highest BCUT2D eigenvalue weighted by Crippen LogP contribution is 2.28. The van der Waals surface area contributed by atoms with Gasteiger partial charge < -0.3 is 5.32 Å². The Morgan fingerprint density at radius 3 is 2.50 bits per heavy atom. The summed E-state index contributed by atoms with van der Waals surface area (Å²) in [4.78, 5) is 10.6. The minimum Gasteiger partial charge on any atom is -0.316 e. The summed E-state index contributed by atoms with van der Waals surface area (Å²) in [5, 5.41) is 14.7. The number of likely N-dealkylation sites (N-methyl/N-ethyl adjacent to an activating group) is 1. The van der Waals surface area contributed by atoms with E-state index < -0.39 is 0 Å². The molecule has 0 heterocycles. The molecule has 1 rings (SSSR count). The monoisotopic (exact) mass is 270 g/mol. The van der Waals surface area contributed by atoms with E-state index in [-0.39, 0.29) is 22.1 Å². The standard InChI is InChI=1S/C13H19ClN2O2/c1-13(2,3)12(15-4)8-9-7-10(14)5-6-11(9)16(17)18/h5-7,12,15H,8H2,1-4H3. The molecule has 5 heteroatoms. The molecule has 100 valence electrons. The maximum Gasteiger partial charge on any atom is 0.272 e. The Balaban J connectivity index is 3.09. The summed E-state index contributed by atoms with van der Waals surface area (Å²) >= 11 is 5.92. The van der Waals surface area contributed by atoms with Crippen molar-refractivity contribution in [1.82, 2.24) is 5.32 Å². The van der Waals surface area contributed by atoms with Gasteiger partial charge in [0.2, 0.25) is 0 Å². The highest BCUT2D eigenvalue weighted by molar-refractivity contribution is 6.30. The van der Waals surface area contributed by atoms with E-state index in [0.29, 0.717) is 17.0 Å². The average Bonchev–Trinajstić information content (AvgIpc) is 2.23. The van der Waals surface area contributed by atoms with Gasteiger partial charge in [0, 0.05) is 22.7 Å². The van der Waals surface area contributed by atoms with Gasteiger partial charge in [-0.3, -0.25) is 10.1 Å². The van der Waals surface area contributed by atoms with Crippen molar-refractivity contribution in [3.63, 3.8) is 0 Å². The van der Waals surface area contributed by atoms with Gasteiger partial charge in [0.15, 0.2) is 0 Å². The van der Waals surface area contributed by atoms with Crippen molar-refractivity contribution in [2.24, 2.45) is 5.41 Å². The molecular weight excluding hydrogens is 252 g/mol. The number of hydrogen-bond acceptors (Lipinski definition) is 3. The van der Waals surface area contributed by atoms with Crippen LogP contribution in [0.15, 0.2) is 18.2 Å². The van der Waals surface area contributed by atoms with Crippen LogP contribution >= 0.6 is 11.6 Å². The molecule has 1 unspecified atom stereocenters. The van der Waals surface area contributed by atoms with Crippen LogP contribution in [0.5, 0.6) is 0 Å². The maximum atomic E-state index is 11.0. The number of hydrogen-bond donors (Lipinski definition) is 1.